The monoisotopic (exact) mass is 510 g/mol. The van der Waals surface area contributed by atoms with Crippen LogP contribution in [0, 0.1) is 6.92 Å². The Hall–Kier alpha value is -2.82. The van der Waals surface area contributed by atoms with Gasteiger partial charge in [0.25, 0.3) is 0 Å². The third-order valence-electron chi connectivity index (χ3n) is 5.60. The standard InChI is InChI=1S/C29H32Cl2N2O2/c1-20-10-12-22(13-11-20)17-27(34)33(19-23-14-15-24(30)18-25(23)31)26(28(35)32-29(2,3)4)16-21-8-6-5-7-9-21/h5-15,18,26H,16-17,19H2,1-4H3,(H,32,35)/t26-/m0/s1. The van der Waals surface area contributed by atoms with E-state index in [1.807, 2.05) is 82.3 Å². The van der Waals surface area contributed by atoms with Crippen molar-refractivity contribution in [3.8, 4) is 0 Å². The minimum Gasteiger partial charge on any atom is -0.350 e. The fourth-order valence-electron chi connectivity index (χ4n) is 3.82. The number of nitrogens with one attached hydrogen (secondary N) is 1. The number of aryl methyl sites for hydroxylation is 1. The summed E-state index contributed by atoms with van der Waals surface area (Å²) in [5.41, 5.74) is 3.27. The summed E-state index contributed by atoms with van der Waals surface area (Å²) in [5, 5.41) is 4.04. The fourth-order valence-corrected chi connectivity index (χ4v) is 4.29. The molecule has 1 N–H and O–H groups in total. The predicted octanol–water partition coefficient (Wildman–Crippen LogP) is 6.40. The molecule has 0 spiro atoms. The van der Waals surface area contributed by atoms with Gasteiger partial charge in [0.05, 0.1) is 6.42 Å². The van der Waals surface area contributed by atoms with Gasteiger partial charge >= 0.3 is 0 Å². The van der Waals surface area contributed by atoms with E-state index in [0.29, 0.717) is 16.5 Å². The normalized spacial score (nSPS) is 12.2. The molecule has 3 aromatic rings. The number of hydrogen-bond acceptors (Lipinski definition) is 2. The zero-order valence-electron chi connectivity index (χ0n) is 20.6. The number of halogens is 2. The molecule has 0 saturated heterocycles. The van der Waals surface area contributed by atoms with Crippen LogP contribution in [0.4, 0.5) is 0 Å². The highest BCUT2D eigenvalue weighted by Gasteiger charge is 2.32. The van der Waals surface area contributed by atoms with Crippen LogP contribution >= 0.6 is 23.2 Å². The van der Waals surface area contributed by atoms with Crippen LogP contribution < -0.4 is 5.32 Å². The van der Waals surface area contributed by atoms with Crippen molar-refractivity contribution in [2.45, 2.75) is 58.7 Å². The lowest BCUT2D eigenvalue weighted by Gasteiger charge is -2.34. The molecule has 0 heterocycles. The molecule has 3 rings (SSSR count). The van der Waals surface area contributed by atoms with Gasteiger partial charge in [0.15, 0.2) is 0 Å². The van der Waals surface area contributed by atoms with E-state index in [1.54, 1.807) is 23.1 Å². The zero-order valence-corrected chi connectivity index (χ0v) is 22.2. The van der Waals surface area contributed by atoms with Crippen LogP contribution in [0.25, 0.3) is 0 Å². The van der Waals surface area contributed by atoms with Crippen LogP contribution in [-0.2, 0) is 29.0 Å². The summed E-state index contributed by atoms with van der Waals surface area (Å²) in [5.74, 6) is -0.353. The molecule has 0 fully saturated rings. The highest BCUT2D eigenvalue weighted by Crippen LogP contribution is 2.25. The SMILES string of the molecule is Cc1ccc(CC(=O)N(Cc2ccc(Cl)cc2Cl)[C@@H](Cc2ccccc2)C(=O)NC(C)(C)C)cc1. The number of amides is 2. The van der Waals surface area contributed by atoms with Crippen LogP contribution in [0.15, 0.2) is 72.8 Å². The Kier molecular flexibility index (Phi) is 8.98. The predicted molar refractivity (Wildman–Crippen MR) is 144 cm³/mol. The molecule has 0 aliphatic carbocycles. The number of hydrogen-bond donors (Lipinski definition) is 1. The lowest BCUT2D eigenvalue weighted by molar-refractivity contribution is -0.141. The molecule has 2 amide bonds. The topological polar surface area (TPSA) is 49.4 Å². The second kappa shape index (κ2) is 11.7. The smallest absolute Gasteiger partial charge is 0.243 e. The van der Waals surface area contributed by atoms with Gasteiger partial charge in [-0.15, -0.1) is 0 Å². The molecule has 35 heavy (non-hydrogen) atoms. The van der Waals surface area contributed by atoms with Gasteiger partial charge in [-0.05, 0) is 56.5 Å². The molecule has 0 unspecified atom stereocenters. The largest absolute Gasteiger partial charge is 0.350 e. The van der Waals surface area contributed by atoms with E-state index in [4.69, 9.17) is 23.2 Å². The van der Waals surface area contributed by atoms with E-state index in [2.05, 4.69) is 5.32 Å². The number of benzene rings is 3. The van der Waals surface area contributed by atoms with Gasteiger partial charge in [-0.2, -0.15) is 0 Å². The number of rotatable bonds is 8. The first-order chi connectivity index (χ1) is 16.5. The van der Waals surface area contributed by atoms with Crippen LogP contribution in [0.2, 0.25) is 10.0 Å². The first kappa shape index (κ1) is 26.8. The average Bonchev–Trinajstić information content (AvgIpc) is 2.78. The summed E-state index contributed by atoms with van der Waals surface area (Å²) in [6, 6.07) is 22.1. The van der Waals surface area contributed by atoms with Gasteiger partial charge in [0.2, 0.25) is 11.8 Å². The van der Waals surface area contributed by atoms with Crippen molar-refractivity contribution >= 4 is 35.0 Å². The molecule has 184 valence electrons. The molecule has 1 atom stereocenters. The Morgan fingerprint density at radius 1 is 0.914 bits per heavy atom. The summed E-state index contributed by atoms with van der Waals surface area (Å²) in [7, 11) is 0. The quantitative estimate of drug-likeness (QED) is 0.381. The molecule has 0 bridgehead atoms. The van der Waals surface area contributed by atoms with Gasteiger partial charge in [-0.25, -0.2) is 0 Å². The number of nitrogens with zero attached hydrogens (tertiary/aromatic N) is 1. The van der Waals surface area contributed by atoms with Crippen molar-refractivity contribution in [2.75, 3.05) is 0 Å². The maximum Gasteiger partial charge on any atom is 0.243 e. The maximum absolute atomic E-state index is 13.8. The summed E-state index contributed by atoms with van der Waals surface area (Å²) in [6.07, 6.45) is 0.563. The van der Waals surface area contributed by atoms with E-state index in [9.17, 15) is 9.59 Å². The fraction of sp³-hybridized carbons (Fsp3) is 0.310. The number of carbonyl (C=O) groups excluding carboxylic acids is 2. The second-order valence-corrected chi connectivity index (χ2v) is 10.7. The summed E-state index contributed by atoms with van der Waals surface area (Å²) in [6.45, 7) is 7.99. The Morgan fingerprint density at radius 2 is 1.57 bits per heavy atom. The van der Waals surface area contributed by atoms with Gasteiger partial charge in [0, 0.05) is 28.5 Å². The molecular weight excluding hydrogens is 479 g/mol. The Balaban J connectivity index is 2.01. The second-order valence-electron chi connectivity index (χ2n) is 9.86. The lowest BCUT2D eigenvalue weighted by atomic mass is 9.99. The minimum atomic E-state index is -0.721. The third-order valence-corrected chi connectivity index (χ3v) is 6.19. The highest BCUT2D eigenvalue weighted by atomic mass is 35.5. The average molecular weight is 511 g/mol. The van der Waals surface area contributed by atoms with Crippen molar-refractivity contribution in [3.63, 3.8) is 0 Å². The first-order valence-electron chi connectivity index (χ1n) is 11.7. The molecule has 0 aromatic heterocycles. The van der Waals surface area contributed by atoms with Crippen molar-refractivity contribution in [1.29, 1.82) is 0 Å². The Morgan fingerprint density at radius 3 is 2.17 bits per heavy atom. The van der Waals surface area contributed by atoms with Crippen LogP contribution in [0.1, 0.15) is 43.0 Å². The van der Waals surface area contributed by atoms with E-state index in [1.165, 1.54) is 0 Å². The lowest BCUT2D eigenvalue weighted by Crippen LogP contribution is -2.54. The van der Waals surface area contributed by atoms with Crippen LogP contribution in [0.3, 0.4) is 0 Å². The molecule has 0 aliphatic rings. The van der Waals surface area contributed by atoms with E-state index >= 15 is 0 Å². The minimum absolute atomic E-state index is 0.148. The summed E-state index contributed by atoms with van der Waals surface area (Å²) < 4.78 is 0. The van der Waals surface area contributed by atoms with Crippen molar-refractivity contribution in [3.05, 3.63) is 105 Å². The summed E-state index contributed by atoms with van der Waals surface area (Å²) >= 11 is 12.6. The van der Waals surface area contributed by atoms with Crippen LogP contribution in [-0.4, -0.2) is 28.3 Å². The Bertz CT molecular complexity index is 1160. The molecule has 0 saturated carbocycles. The van der Waals surface area contributed by atoms with Gasteiger partial charge in [-0.3, -0.25) is 9.59 Å². The molecule has 0 aliphatic heterocycles. The van der Waals surface area contributed by atoms with Gasteiger partial charge in [-0.1, -0.05) is 89.4 Å². The van der Waals surface area contributed by atoms with E-state index in [0.717, 1.165) is 22.3 Å². The highest BCUT2D eigenvalue weighted by molar-refractivity contribution is 6.35. The molecule has 3 aromatic carbocycles. The van der Waals surface area contributed by atoms with Crippen molar-refractivity contribution < 1.29 is 9.59 Å². The maximum atomic E-state index is 13.8. The van der Waals surface area contributed by atoms with Crippen LogP contribution in [0.5, 0.6) is 0 Å². The molecular formula is C29H32Cl2N2O2. The molecule has 4 nitrogen and oxygen atoms in total. The number of carbonyl (C=O) groups is 2. The van der Waals surface area contributed by atoms with Crippen molar-refractivity contribution in [1.82, 2.24) is 10.2 Å². The summed E-state index contributed by atoms with van der Waals surface area (Å²) in [4.78, 5) is 29.0. The molecule has 0 radical (unpaired) electrons. The van der Waals surface area contributed by atoms with Gasteiger partial charge in [0.1, 0.15) is 6.04 Å². The van der Waals surface area contributed by atoms with E-state index < -0.39 is 11.6 Å². The van der Waals surface area contributed by atoms with Crippen molar-refractivity contribution in [2.24, 2.45) is 0 Å². The van der Waals surface area contributed by atoms with E-state index in [-0.39, 0.29) is 24.8 Å². The van der Waals surface area contributed by atoms with Gasteiger partial charge < -0.3 is 10.2 Å². The third kappa shape index (κ3) is 8.12. The molecule has 6 heteroatoms. The first-order valence-corrected chi connectivity index (χ1v) is 12.4. The zero-order chi connectivity index (χ0) is 25.6. The Labute approximate surface area is 218 Å².